The maximum Gasteiger partial charge on any atom is 0.310 e. The minimum absolute atomic E-state index is 0.181. The van der Waals surface area contributed by atoms with Gasteiger partial charge < -0.3 is 19.7 Å². The van der Waals surface area contributed by atoms with Crippen LogP contribution in [-0.2, 0) is 19.1 Å². The molecule has 2 aliphatic rings. The van der Waals surface area contributed by atoms with Crippen LogP contribution in [0.1, 0.15) is 39.0 Å². The molecule has 0 unspecified atom stereocenters. The molecule has 2 heterocycles. The van der Waals surface area contributed by atoms with E-state index in [1.165, 1.54) is 0 Å². The van der Waals surface area contributed by atoms with E-state index in [-0.39, 0.29) is 12.3 Å². The van der Waals surface area contributed by atoms with Gasteiger partial charge >= 0.3 is 5.97 Å². The fraction of sp³-hybridized carbons (Fsp3) is 0.526. The van der Waals surface area contributed by atoms with E-state index in [9.17, 15) is 14.4 Å². The topological polar surface area (TPSA) is 84.9 Å². The Bertz CT molecular complexity index is 682. The molecule has 2 amide bonds. The third kappa shape index (κ3) is 4.33. The van der Waals surface area contributed by atoms with E-state index >= 15 is 0 Å². The molecule has 1 fully saturated rings. The van der Waals surface area contributed by atoms with Crippen molar-refractivity contribution in [3.05, 3.63) is 24.3 Å². The third-order valence-electron chi connectivity index (χ3n) is 4.63. The third-order valence-corrected chi connectivity index (χ3v) is 4.63. The van der Waals surface area contributed by atoms with Crippen molar-refractivity contribution >= 4 is 23.5 Å². The zero-order valence-electron chi connectivity index (χ0n) is 14.9. The summed E-state index contributed by atoms with van der Waals surface area (Å²) in [4.78, 5) is 38.5. The van der Waals surface area contributed by atoms with Crippen molar-refractivity contribution < 1.29 is 23.9 Å². The lowest BCUT2D eigenvalue weighted by Crippen LogP contribution is -2.42. The first kappa shape index (κ1) is 18.2. The number of carbonyl (C=O) groups is 3. The first-order chi connectivity index (χ1) is 12.5. The van der Waals surface area contributed by atoms with Gasteiger partial charge in [-0.1, -0.05) is 25.0 Å². The number of nitrogens with one attached hydrogen (secondary N) is 1. The number of hydrogen-bond donors (Lipinski definition) is 1. The maximum absolute atomic E-state index is 12.4. The Morgan fingerprint density at radius 2 is 1.92 bits per heavy atom. The first-order valence-corrected chi connectivity index (χ1v) is 9.09. The monoisotopic (exact) mass is 360 g/mol. The fourth-order valence-corrected chi connectivity index (χ4v) is 3.22. The van der Waals surface area contributed by atoms with Crippen LogP contribution >= 0.6 is 0 Å². The molecule has 1 saturated heterocycles. The van der Waals surface area contributed by atoms with Gasteiger partial charge in [0, 0.05) is 13.1 Å². The van der Waals surface area contributed by atoms with Gasteiger partial charge in [-0.3, -0.25) is 14.4 Å². The molecule has 0 saturated carbocycles. The van der Waals surface area contributed by atoms with Gasteiger partial charge in [0.2, 0.25) is 0 Å². The van der Waals surface area contributed by atoms with E-state index in [0.29, 0.717) is 24.5 Å². The Balaban J connectivity index is 1.53. The number of para-hydroxylation sites is 2. The quantitative estimate of drug-likeness (QED) is 0.832. The summed E-state index contributed by atoms with van der Waals surface area (Å²) >= 11 is 0. The predicted octanol–water partition coefficient (Wildman–Crippen LogP) is 2.11. The van der Waals surface area contributed by atoms with Gasteiger partial charge in [-0.15, -0.1) is 0 Å². The van der Waals surface area contributed by atoms with Crippen LogP contribution in [0.4, 0.5) is 5.69 Å². The van der Waals surface area contributed by atoms with Gasteiger partial charge in [-0.05, 0) is 31.9 Å². The van der Waals surface area contributed by atoms with Crippen molar-refractivity contribution in [2.75, 3.05) is 18.4 Å². The number of amides is 2. The Morgan fingerprint density at radius 1 is 1.23 bits per heavy atom. The van der Waals surface area contributed by atoms with Crippen LogP contribution in [0.5, 0.6) is 5.75 Å². The zero-order valence-corrected chi connectivity index (χ0v) is 14.9. The lowest BCUT2D eigenvalue weighted by Gasteiger charge is -2.26. The molecule has 0 bridgehead atoms. The van der Waals surface area contributed by atoms with Crippen LogP contribution < -0.4 is 10.1 Å². The second-order valence-corrected chi connectivity index (χ2v) is 6.67. The van der Waals surface area contributed by atoms with Crippen molar-refractivity contribution in [3.63, 3.8) is 0 Å². The molecule has 3 rings (SSSR count). The van der Waals surface area contributed by atoms with Crippen LogP contribution in [0.25, 0.3) is 0 Å². The Kier molecular flexibility index (Phi) is 5.75. The summed E-state index contributed by atoms with van der Waals surface area (Å²) in [5.41, 5.74) is 0.576. The predicted molar refractivity (Wildman–Crippen MR) is 94.7 cm³/mol. The van der Waals surface area contributed by atoms with Crippen molar-refractivity contribution in [3.8, 4) is 5.75 Å². The summed E-state index contributed by atoms with van der Waals surface area (Å²) in [7, 11) is 0. The van der Waals surface area contributed by atoms with Gasteiger partial charge in [0.25, 0.3) is 11.8 Å². The van der Waals surface area contributed by atoms with E-state index in [1.807, 2.05) is 0 Å². The van der Waals surface area contributed by atoms with Crippen molar-refractivity contribution in [2.24, 2.45) is 0 Å². The minimum atomic E-state index is -0.960. The van der Waals surface area contributed by atoms with Crippen molar-refractivity contribution in [1.29, 1.82) is 0 Å². The number of esters is 1. The Labute approximate surface area is 152 Å². The molecule has 26 heavy (non-hydrogen) atoms. The lowest BCUT2D eigenvalue weighted by molar-refractivity contribution is -0.161. The highest BCUT2D eigenvalue weighted by molar-refractivity contribution is 5.99. The maximum atomic E-state index is 12.4. The second-order valence-electron chi connectivity index (χ2n) is 6.67. The van der Waals surface area contributed by atoms with Gasteiger partial charge in [-0.2, -0.15) is 0 Å². The highest BCUT2D eigenvalue weighted by Gasteiger charge is 2.32. The molecule has 0 aromatic heterocycles. The molecular weight excluding hydrogens is 336 g/mol. The summed E-state index contributed by atoms with van der Waals surface area (Å²) in [5.74, 6) is -0.689. The van der Waals surface area contributed by atoms with Crippen LogP contribution in [-0.4, -0.2) is 48.0 Å². The average Bonchev–Trinajstić information content (AvgIpc) is 2.91. The molecule has 0 aliphatic carbocycles. The number of hydrogen-bond acceptors (Lipinski definition) is 5. The second kappa shape index (κ2) is 8.21. The SMILES string of the molecule is C[C@H](OC(=O)C[C@H]1Oc2ccccc2NC1=O)C(=O)N1CCCCCC1. The summed E-state index contributed by atoms with van der Waals surface area (Å²) in [6.45, 7) is 2.97. The van der Waals surface area contributed by atoms with Crippen LogP contribution in [0.2, 0.25) is 0 Å². The van der Waals surface area contributed by atoms with Crippen LogP contribution in [0.15, 0.2) is 24.3 Å². The number of rotatable bonds is 4. The van der Waals surface area contributed by atoms with E-state index in [1.54, 1.807) is 36.1 Å². The summed E-state index contributed by atoms with van der Waals surface area (Å²) in [6, 6.07) is 7.02. The molecule has 0 radical (unpaired) electrons. The van der Waals surface area contributed by atoms with E-state index in [2.05, 4.69) is 5.32 Å². The molecule has 0 spiro atoms. The number of anilines is 1. The highest BCUT2D eigenvalue weighted by Crippen LogP contribution is 2.29. The molecule has 140 valence electrons. The van der Waals surface area contributed by atoms with Crippen molar-refractivity contribution in [1.82, 2.24) is 4.90 Å². The first-order valence-electron chi connectivity index (χ1n) is 9.09. The number of fused-ring (bicyclic) bond motifs is 1. The minimum Gasteiger partial charge on any atom is -0.478 e. The van der Waals surface area contributed by atoms with Crippen molar-refractivity contribution in [2.45, 2.75) is 51.2 Å². The van der Waals surface area contributed by atoms with Gasteiger partial charge in [0.1, 0.15) is 5.75 Å². The summed E-state index contributed by atoms with van der Waals surface area (Å²) in [6.07, 6.45) is 2.13. The van der Waals surface area contributed by atoms with Gasteiger partial charge in [0.15, 0.2) is 12.2 Å². The lowest BCUT2D eigenvalue weighted by atomic mass is 10.1. The largest absolute Gasteiger partial charge is 0.478 e. The molecule has 2 aliphatic heterocycles. The summed E-state index contributed by atoms with van der Waals surface area (Å²) < 4.78 is 10.8. The van der Waals surface area contributed by atoms with Gasteiger partial charge in [0.05, 0.1) is 12.1 Å². The van der Waals surface area contributed by atoms with Crippen LogP contribution in [0, 0.1) is 0 Å². The molecule has 1 aromatic carbocycles. The molecular formula is C19H24N2O5. The summed E-state index contributed by atoms with van der Waals surface area (Å²) in [5, 5.41) is 2.70. The van der Waals surface area contributed by atoms with E-state index < -0.39 is 24.1 Å². The average molecular weight is 360 g/mol. The Morgan fingerprint density at radius 3 is 2.65 bits per heavy atom. The number of nitrogens with zero attached hydrogens (tertiary/aromatic N) is 1. The molecule has 1 N–H and O–H groups in total. The Hall–Kier alpha value is -2.57. The van der Waals surface area contributed by atoms with Gasteiger partial charge in [-0.25, -0.2) is 0 Å². The van der Waals surface area contributed by atoms with E-state index in [4.69, 9.17) is 9.47 Å². The normalized spacial score (nSPS) is 20.9. The standard InChI is InChI=1S/C19H24N2O5/c1-13(19(24)21-10-6-2-3-7-11-21)25-17(22)12-16-18(23)20-14-8-4-5-9-15(14)26-16/h4-5,8-9,13,16H,2-3,6-7,10-12H2,1H3,(H,20,23)/t13-,16+/m0/s1. The van der Waals surface area contributed by atoms with E-state index in [0.717, 1.165) is 25.7 Å². The number of ether oxygens (including phenoxy) is 2. The smallest absolute Gasteiger partial charge is 0.310 e. The number of benzene rings is 1. The molecule has 1 aromatic rings. The molecule has 2 atom stereocenters. The van der Waals surface area contributed by atoms with Crippen LogP contribution in [0.3, 0.4) is 0 Å². The fourth-order valence-electron chi connectivity index (χ4n) is 3.22. The number of carbonyl (C=O) groups excluding carboxylic acids is 3. The number of likely N-dealkylation sites (tertiary alicyclic amines) is 1. The highest BCUT2D eigenvalue weighted by atomic mass is 16.6. The molecule has 7 heteroatoms. The zero-order chi connectivity index (χ0) is 18.5. The molecule has 7 nitrogen and oxygen atoms in total.